The lowest BCUT2D eigenvalue weighted by molar-refractivity contribution is -0.121. The van der Waals surface area contributed by atoms with Crippen LogP contribution in [0.1, 0.15) is 27.0 Å². The van der Waals surface area contributed by atoms with Gasteiger partial charge in [0.25, 0.3) is 0 Å². The van der Waals surface area contributed by atoms with Crippen molar-refractivity contribution in [3.05, 3.63) is 21.4 Å². The zero-order valence-electron chi connectivity index (χ0n) is 10.8. The molecule has 0 aromatic carbocycles. The Morgan fingerprint density at radius 2 is 2.17 bits per heavy atom. The van der Waals surface area contributed by atoms with Crippen molar-refractivity contribution < 1.29 is 14.7 Å². The lowest BCUT2D eigenvalue weighted by atomic mass is 10.2. The van der Waals surface area contributed by atoms with Gasteiger partial charge in [-0.3, -0.25) is 9.69 Å². The molecule has 0 aliphatic rings. The number of amides is 1. The molecule has 0 fully saturated rings. The van der Waals surface area contributed by atoms with Crippen molar-refractivity contribution in [2.75, 3.05) is 20.1 Å². The van der Waals surface area contributed by atoms with Crippen molar-refractivity contribution in [1.82, 2.24) is 10.2 Å². The van der Waals surface area contributed by atoms with Gasteiger partial charge in [-0.1, -0.05) is 0 Å². The Morgan fingerprint density at radius 1 is 1.50 bits per heavy atom. The molecule has 18 heavy (non-hydrogen) atoms. The number of carbonyl (C=O) groups excluding carboxylic acids is 1. The minimum Gasteiger partial charge on any atom is -0.477 e. The zero-order valence-corrected chi connectivity index (χ0v) is 11.6. The van der Waals surface area contributed by atoms with Gasteiger partial charge >= 0.3 is 5.97 Å². The average molecular weight is 270 g/mol. The van der Waals surface area contributed by atoms with Gasteiger partial charge in [-0.2, -0.15) is 0 Å². The van der Waals surface area contributed by atoms with Gasteiger partial charge in [0.2, 0.25) is 5.91 Å². The number of thiophene rings is 1. The maximum Gasteiger partial charge on any atom is 0.345 e. The predicted molar refractivity (Wildman–Crippen MR) is 71.0 cm³/mol. The summed E-state index contributed by atoms with van der Waals surface area (Å²) in [5, 5.41) is 11.6. The summed E-state index contributed by atoms with van der Waals surface area (Å²) in [6, 6.07) is 1.68. The SMILES string of the molecule is CCNC(=O)CN(C)Cc1cc(C(=O)O)sc1C. The van der Waals surface area contributed by atoms with Gasteiger partial charge in [0, 0.05) is 18.0 Å². The molecule has 1 heterocycles. The molecule has 1 aromatic heterocycles. The fraction of sp³-hybridized carbons (Fsp3) is 0.500. The van der Waals surface area contributed by atoms with Crippen molar-refractivity contribution in [3.63, 3.8) is 0 Å². The summed E-state index contributed by atoms with van der Waals surface area (Å²) in [4.78, 5) is 25.4. The third kappa shape index (κ3) is 4.12. The molecule has 5 nitrogen and oxygen atoms in total. The summed E-state index contributed by atoms with van der Waals surface area (Å²) in [6.45, 7) is 5.28. The largest absolute Gasteiger partial charge is 0.477 e. The van der Waals surface area contributed by atoms with Crippen LogP contribution in [0.2, 0.25) is 0 Å². The molecular formula is C12H18N2O3S. The topological polar surface area (TPSA) is 69.6 Å². The van der Waals surface area contributed by atoms with Crippen molar-refractivity contribution in [3.8, 4) is 0 Å². The van der Waals surface area contributed by atoms with Gasteiger partial charge in [0.15, 0.2) is 0 Å². The summed E-state index contributed by atoms with van der Waals surface area (Å²) in [5.74, 6) is -0.924. The molecule has 1 rings (SSSR count). The number of hydrogen-bond acceptors (Lipinski definition) is 4. The van der Waals surface area contributed by atoms with E-state index in [2.05, 4.69) is 5.32 Å². The molecule has 2 N–H and O–H groups in total. The van der Waals surface area contributed by atoms with Crippen LogP contribution >= 0.6 is 11.3 Å². The average Bonchev–Trinajstić information content (AvgIpc) is 2.60. The second-order valence-corrected chi connectivity index (χ2v) is 5.38. The number of hydrogen-bond donors (Lipinski definition) is 2. The highest BCUT2D eigenvalue weighted by molar-refractivity contribution is 7.14. The van der Waals surface area contributed by atoms with Crippen molar-refractivity contribution in [1.29, 1.82) is 0 Å². The van der Waals surface area contributed by atoms with Crippen LogP contribution in [0.25, 0.3) is 0 Å². The van der Waals surface area contributed by atoms with Crippen molar-refractivity contribution in [2.45, 2.75) is 20.4 Å². The summed E-state index contributed by atoms with van der Waals surface area (Å²) >= 11 is 1.27. The number of carboxylic acid groups (broad SMARTS) is 1. The maximum absolute atomic E-state index is 11.4. The molecule has 6 heteroatoms. The lowest BCUT2D eigenvalue weighted by Gasteiger charge is -2.15. The monoisotopic (exact) mass is 270 g/mol. The van der Waals surface area contributed by atoms with Crippen LogP contribution in [0.3, 0.4) is 0 Å². The molecule has 1 amide bonds. The van der Waals surface area contributed by atoms with Crippen LogP contribution in [-0.4, -0.2) is 42.0 Å². The molecule has 0 aliphatic carbocycles. The van der Waals surface area contributed by atoms with Gasteiger partial charge in [-0.05, 0) is 32.5 Å². The Balaban J connectivity index is 2.61. The lowest BCUT2D eigenvalue weighted by Crippen LogP contribution is -2.34. The highest BCUT2D eigenvalue weighted by Crippen LogP contribution is 2.22. The van der Waals surface area contributed by atoms with E-state index < -0.39 is 5.97 Å². The van der Waals surface area contributed by atoms with Gasteiger partial charge in [0.05, 0.1) is 6.54 Å². The molecule has 100 valence electrons. The molecule has 0 atom stereocenters. The Hall–Kier alpha value is -1.40. The number of likely N-dealkylation sites (N-methyl/N-ethyl adjacent to an activating group) is 2. The second kappa shape index (κ2) is 6.51. The zero-order chi connectivity index (χ0) is 13.7. The van der Waals surface area contributed by atoms with Crippen LogP contribution in [0, 0.1) is 6.92 Å². The Morgan fingerprint density at radius 3 is 2.67 bits per heavy atom. The summed E-state index contributed by atoms with van der Waals surface area (Å²) in [6.07, 6.45) is 0. The maximum atomic E-state index is 11.4. The van der Waals surface area contributed by atoms with E-state index in [9.17, 15) is 9.59 Å². The molecule has 0 spiro atoms. The first-order chi connectivity index (χ1) is 8.43. The van der Waals surface area contributed by atoms with Crippen LogP contribution in [0.15, 0.2) is 6.07 Å². The molecule has 0 unspecified atom stereocenters. The predicted octanol–water partition coefficient (Wildman–Crippen LogP) is 1.32. The van der Waals surface area contributed by atoms with Gasteiger partial charge in [0.1, 0.15) is 4.88 Å². The van der Waals surface area contributed by atoms with Crippen LogP contribution in [-0.2, 0) is 11.3 Å². The van der Waals surface area contributed by atoms with E-state index in [0.717, 1.165) is 10.4 Å². The molecule has 0 bridgehead atoms. The first-order valence-electron chi connectivity index (χ1n) is 5.71. The number of aromatic carboxylic acids is 1. The number of nitrogens with zero attached hydrogens (tertiary/aromatic N) is 1. The smallest absolute Gasteiger partial charge is 0.345 e. The van der Waals surface area contributed by atoms with E-state index >= 15 is 0 Å². The van der Waals surface area contributed by atoms with E-state index in [1.807, 2.05) is 25.8 Å². The third-order valence-corrected chi connectivity index (χ3v) is 3.54. The third-order valence-electron chi connectivity index (χ3n) is 2.46. The molecule has 0 radical (unpaired) electrons. The van der Waals surface area contributed by atoms with Crippen LogP contribution in [0.5, 0.6) is 0 Å². The first kappa shape index (κ1) is 14.7. The Kier molecular flexibility index (Phi) is 5.30. The molecule has 0 saturated carbocycles. The van der Waals surface area contributed by atoms with E-state index in [0.29, 0.717) is 24.5 Å². The number of aryl methyl sites for hydroxylation is 1. The van der Waals surface area contributed by atoms with Gasteiger partial charge < -0.3 is 10.4 Å². The fourth-order valence-corrected chi connectivity index (χ4v) is 2.50. The van der Waals surface area contributed by atoms with Crippen LogP contribution < -0.4 is 5.32 Å². The normalized spacial score (nSPS) is 10.7. The molecule has 1 aromatic rings. The van der Waals surface area contributed by atoms with Crippen molar-refractivity contribution in [2.24, 2.45) is 0 Å². The molecule has 0 saturated heterocycles. The minimum absolute atomic E-state index is 0.0219. The van der Waals surface area contributed by atoms with Crippen LogP contribution in [0.4, 0.5) is 0 Å². The number of nitrogens with one attached hydrogen (secondary N) is 1. The fourth-order valence-electron chi connectivity index (χ4n) is 1.63. The number of carboxylic acids is 1. The van der Waals surface area contributed by atoms with E-state index in [4.69, 9.17) is 5.11 Å². The minimum atomic E-state index is -0.902. The summed E-state index contributed by atoms with van der Waals surface area (Å²) in [7, 11) is 1.84. The standard InChI is InChI=1S/C12H18N2O3S/c1-4-13-11(15)7-14(3)6-9-5-10(12(16)17)18-8(9)2/h5H,4,6-7H2,1-3H3,(H,13,15)(H,16,17). The Bertz CT molecular complexity index is 443. The number of rotatable bonds is 6. The first-order valence-corrected chi connectivity index (χ1v) is 6.53. The van der Waals surface area contributed by atoms with Gasteiger partial charge in [-0.25, -0.2) is 4.79 Å². The summed E-state index contributed by atoms with van der Waals surface area (Å²) < 4.78 is 0. The highest BCUT2D eigenvalue weighted by atomic mass is 32.1. The Labute approximate surface area is 110 Å². The quantitative estimate of drug-likeness (QED) is 0.818. The van der Waals surface area contributed by atoms with Gasteiger partial charge in [-0.15, -0.1) is 11.3 Å². The summed E-state index contributed by atoms with van der Waals surface area (Å²) in [5.41, 5.74) is 0.962. The second-order valence-electron chi connectivity index (χ2n) is 4.12. The van der Waals surface area contributed by atoms with E-state index in [1.54, 1.807) is 6.07 Å². The highest BCUT2D eigenvalue weighted by Gasteiger charge is 2.13. The molecule has 0 aliphatic heterocycles. The number of carbonyl (C=O) groups is 2. The van der Waals surface area contributed by atoms with E-state index in [1.165, 1.54) is 11.3 Å². The van der Waals surface area contributed by atoms with E-state index in [-0.39, 0.29) is 5.91 Å². The van der Waals surface area contributed by atoms with Crippen molar-refractivity contribution >= 4 is 23.2 Å². The molecular weight excluding hydrogens is 252 g/mol.